The second-order valence-corrected chi connectivity index (χ2v) is 10.00. The van der Waals surface area contributed by atoms with E-state index in [9.17, 15) is 4.79 Å². The predicted molar refractivity (Wildman–Crippen MR) is 156 cm³/mol. The van der Waals surface area contributed by atoms with Crippen molar-refractivity contribution in [2.75, 3.05) is 74.7 Å². The molecule has 0 atom stereocenters. The Morgan fingerprint density at radius 3 is 2.44 bits per heavy atom. The number of piperidine rings is 1. The Hall–Kier alpha value is -2.76. The van der Waals surface area contributed by atoms with E-state index in [0.29, 0.717) is 70.4 Å². The lowest BCUT2D eigenvalue weighted by Gasteiger charge is -2.28. The van der Waals surface area contributed by atoms with Crippen LogP contribution < -0.4 is 26.6 Å². The zero-order valence-corrected chi connectivity index (χ0v) is 23.6. The minimum atomic E-state index is -0.0363. The van der Waals surface area contributed by atoms with E-state index in [1.807, 2.05) is 25.2 Å². The minimum absolute atomic E-state index is 0.0363. The van der Waals surface area contributed by atoms with E-state index in [-0.39, 0.29) is 5.91 Å². The molecule has 1 aromatic rings. The number of rotatable bonds is 17. The summed E-state index contributed by atoms with van der Waals surface area (Å²) in [6.45, 7) is 7.39. The average molecular weight is 545 g/mol. The normalized spacial score (nSPS) is 17.0. The number of anilines is 3. The Kier molecular flexibility index (Phi) is 14.6. The van der Waals surface area contributed by atoms with Gasteiger partial charge in [-0.3, -0.25) is 4.79 Å². The topological polar surface area (TPSA) is 140 Å². The maximum atomic E-state index is 12.3. The molecule has 0 unspecified atom stereocenters. The maximum absolute atomic E-state index is 12.3. The van der Waals surface area contributed by atoms with Crippen molar-refractivity contribution in [3.63, 3.8) is 0 Å². The summed E-state index contributed by atoms with van der Waals surface area (Å²) < 4.78 is 10.7. The highest BCUT2D eigenvalue weighted by Crippen LogP contribution is 2.23. The molecule has 1 aliphatic heterocycles. The number of hydrogen-bond donors (Lipinski definition) is 4. The third-order valence-corrected chi connectivity index (χ3v) is 6.85. The average Bonchev–Trinajstić information content (AvgIpc) is 2.97. The number of allylic oxidation sites excluding steroid dienone is 2. The Bertz CT molecular complexity index is 899. The molecule has 2 fully saturated rings. The molecule has 1 aliphatic carbocycles. The highest BCUT2D eigenvalue weighted by atomic mass is 16.5. The lowest BCUT2D eigenvalue weighted by molar-refractivity contribution is -0.120. The Morgan fingerprint density at radius 2 is 1.69 bits per heavy atom. The van der Waals surface area contributed by atoms with Gasteiger partial charge < -0.3 is 36.1 Å². The third kappa shape index (κ3) is 12.3. The quantitative estimate of drug-likeness (QED) is 0.171. The van der Waals surface area contributed by atoms with Crippen LogP contribution in [0.4, 0.5) is 17.8 Å². The first-order valence-corrected chi connectivity index (χ1v) is 14.6. The van der Waals surface area contributed by atoms with Crippen molar-refractivity contribution in [3.05, 3.63) is 23.8 Å². The molecular weight excluding hydrogens is 496 g/mol. The summed E-state index contributed by atoms with van der Waals surface area (Å²) in [4.78, 5) is 28.7. The Morgan fingerprint density at radius 1 is 0.974 bits per heavy atom. The molecule has 39 heavy (non-hydrogen) atoms. The predicted octanol–water partition coefficient (Wildman–Crippen LogP) is 3.02. The molecular formula is C28H48N8O3. The number of carbonyl (C=O) groups is 1. The SMILES string of the molecule is C/C=C(\C=C/CNc1nc(NC2CCCCC2)nc(N2CCCCC2)n1)CC(=O)NCCOCCOCCN. The van der Waals surface area contributed by atoms with Crippen LogP contribution in [0.3, 0.4) is 0 Å². The molecule has 0 radical (unpaired) electrons. The first-order valence-electron chi connectivity index (χ1n) is 14.6. The van der Waals surface area contributed by atoms with E-state index in [1.165, 1.54) is 38.5 Å². The summed E-state index contributed by atoms with van der Waals surface area (Å²) in [7, 11) is 0. The van der Waals surface area contributed by atoms with Gasteiger partial charge in [-0.2, -0.15) is 15.0 Å². The van der Waals surface area contributed by atoms with Crippen LogP contribution in [0.1, 0.15) is 64.7 Å². The fraction of sp³-hybridized carbons (Fsp3) is 0.714. The van der Waals surface area contributed by atoms with E-state index >= 15 is 0 Å². The van der Waals surface area contributed by atoms with Gasteiger partial charge in [0.05, 0.1) is 32.8 Å². The van der Waals surface area contributed by atoms with Gasteiger partial charge in [-0.05, 0) is 44.6 Å². The number of nitrogens with two attached hydrogens (primary N) is 1. The number of carbonyl (C=O) groups excluding carboxylic acids is 1. The van der Waals surface area contributed by atoms with Crippen LogP contribution in [0.2, 0.25) is 0 Å². The first kappa shape index (κ1) is 30.8. The molecule has 11 heteroatoms. The molecule has 2 heterocycles. The summed E-state index contributed by atoms with van der Waals surface area (Å²) in [5.41, 5.74) is 6.31. The van der Waals surface area contributed by atoms with Gasteiger partial charge in [0.1, 0.15) is 0 Å². The third-order valence-electron chi connectivity index (χ3n) is 6.85. The zero-order valence-electron chi connectivity index (χ0n) is 23.6. The fourth-order valence-corrected chi connectivity index (χ4v) is 4.71. The first-order chi connectivity index (χ1) is 19.2. The Balaban J connectivity index is 1.45. The number of amides is 1. The second kappa shape index (κ2) is 18.5. The van der Waals surface area contributed by atoms with Crippen LogP contribution in [-0.2, 0) is 14.3 Å². The van der Waals surface area contributed by atoms with Crippen molar-refractivity contribution in [1.82, 2.24) is 20.3 Å². The summed E-state index contributed by atoms with van der Waals surface area (Å²) in [6, 6.07) is 0.424. The highest BCUT2D eigenvalue weighted by Gasteiger charge is 2.19. The van der Waals surface area contributed by atoms with Gasteiger partial charge in [-0.1, -0.05) is 37.5 Å². The largest absolute Gasteiger partial charge is 0.378 e. The molecule has 3 rings (SSSR count). The van der Waals surface area contributed by atoms with Crippen LogP contribution >= 0.6 is 0 Å². The van der Waals surface area contributed by atoms with Crippen molar-refractivity contribution in [1.29, 1.82) is 0 Å². The standard InChI is InChI=1S/C28H48N8O3/c1-2-23(22-25(37)30-15-19-39-21-20-38-18-13-29)10-9-14-31-26-33-27(32-24-11-5-3-6-12-24)35-28(34-26)36-16-7-4-8-17-36/h2,9-10,24H,3-8,11-22,29H2,1H3,(H,30,37)(H2,31,32,33,34,35)/b10-9-,23-2+. The molecule has 5 N–H and O–H groups in total. The van der Waals surface area contributed by atoms with Crippen LogP contribution in [0.5, 0.6) is 0 Å². The van der Waals surface area contributed by atoms with Gasteiger partial charge in [0, 0.05) is 38.8 Å². The van der Waals surface area contributed by atoms with Crippen LogP contribution in [0.15, 0.2) is 23.8 Å². The van der Waals surface area contributed by atoms with E-state index in [0.717, 1.165) is 37.5 Å². The molecule has 0 aromatic carbocycles. The van der Waals surface area contributed by atoms with Gasteiger partial charge >= 0.3 is 0 Å². The van der Waals surface area contributed by atoms with E-state index in [1.54, 1.807) is 0 Å². The molecule has 0 spiro atoms. The van der Waals surface area contributed by atoms with Crippen LogP contribution in [-0.4, -0.2) is 86.1 Å². The number of aromatic nitrogens is 3. The van der Waals surface area contributed by atoms with Gasteiger partial charge in [0.15, 0.2) is 0 Å². The number of ether oxygens (including phenoxy) is 2. The van der Waals surface area contributed by atoms with E-state index in [4.69, 9.17) is 25.2 Å². The summed E-state index contributed by atoms with van der Waals surface area (Å²) >= 11 is 0. The molecule has 1 saturated carbocycles. The van der Waals surface area contributed by atoms with E-state index in [2.05, 4.69) is 25.8 Å². The van der Waals surface area contributed by atoms with Crippen LogP contribution in [0, 0.1) is 0 Å². The van der Waals surface area contributed by atoms with Crippen molar-refractivity contribution in [3.8, 4) is 0 Å². The van der Waals surface area contributed by atoms with Gasteiger partial charge in [-0.15, -0.1) is 0 Å². The fourth-order valence-electron chi connectivity index (χ4n) is 4.71. The number of nitrogens with zero attached hydrogens (tertiary/aromatic N) is 4. The van der Waals surface area contributed by atoms with Crippen molar-refractivity contribution in [2.45, 2.75) is 70.8 Å². The minimum Gasteiger partial charge on any atom is -0.378 e. The monoisotopic (exact) mass is 544 g/mol. The molecule has 2 aliphatic rings. The molecule has 218 valence electrons. The lowest BCUT2D eigenvalue weighted by atomic mass is 9.96. The second-order valence-electron chi connectivity index (χ2n) is 10.00. The van der Waals surface area contributed by atoms with Crippen LogP contribution in [0.25, 0.3) is 0 Å². The summed E-state index contributed by atoms with van der Waals surface area (Å²) in [5.74, 6) is 1.93. The molecule has 0 bridgehead atoms. The van der Waals surface area contributed by atoms with Gasteiger partial charge in [0.25, 0.3) is 0 Å². The Labute approximate surface area is 233 Å². The molecule has 1 aromatic heterocycles. The summed E-state index contributed by atoms with van der Waals surface area (Å²) in [5, 5.41) is 9.77. The van der Waals surface area contributed by atoms with Crippen molar-refractivity contribution < 1.29 is 14.3 Å². The molecule has 1 amide bonds. The van der Waals surface area contributed by atoms with Crippen molar-refractivity contribution in [2.24, 2.45) is 5.73 Å². The van der Waals surface area contributed by atoms with Gasteiger partial charge in [-0.25, -0.2) is 0 Å². The number of hydrogen-bond acceptors (Lipinski definition) is 10. The van der Waals surface area contributed by atoms with Gasteiger partial charge in [0.2, 0.25) is 23.8 Å². The molecule has 11 nitrogen and oxygen atoms in total. The maximum Gasteiger partial charge on any atom is 0.231 e. The highest BCUT2D eigenvalue weighted by molar-refractivity contribution is 5.79. The lowest BCUT2D eigenvalue weighted by Crippen LogP contribution is -2.32. The van der Waals surface area contributed by atoms with E-state index < -0.39 is 0 Å². The van der Waals surface area contributed by atoms with Crippen molar-refractivity contribution >= 4 is 23.8 Å². The molecule has 1 saturated heterocycles. The summed E-state index contributed by atoms with van der Waals surface area (Å²) in [6.07, 6.45) is 15.9. The zero-order chi connectivity index (χ0) is 27.5. The number of nitrogens with one attached hydrogen (secondary N) is 3. The smallest absolute Gasteiger partial charge is 0.231 e.